The number of fused-ring (bicyclic) bond motifs is 8. The van der Waals surface area contributed by atoms with Crippen molar-refractivity contribution in [3.05, 3.63) is 194 Å². The number of hydrogen-bond acceptors (Lipinski definition) is 1. The fourth-order valence-corrected chi connectivity index (χ4v) is 7.87. The largest absolute Gasteiger partial charge is 0.310 e. The molecular formula is C48H32N2. The van der Waals surface area contributed by atoms with Gasteiger partial charge in [0.05, 0.1) is 16.7 Å². The van der Waals surface area contributed by atoms with E-state index in [1.54, 1.807) is 0 Å². The highest BCUT2D eigenvalue weighted by molar-refractivity contribution is 6.20. The molecular weight excluding hydrogens is 605 g/mol. The average molecular weight is 637 g/mol. The van der Waals surface area contributed by atoms with Crippen LogP contribution in [0.2, 0.25) is 0 Å². The van der Waals surface area contributed by atoms with E-state index in [9.17, 15) is 0 Å². The Kier molecular flexibility index (Phi) is 6.53. The average Bonchev–Trinajstić information content (AvgIpc) is 3.52. The summed E-state index contributed by atoms with van der Waals surface area (Å²) in [5.41, 5.74) is 9.24. The molecule has 0 saturated heterocycles. The third-order valence-corrected chi connectivity index (χ3v) is 10.1. The minimum atomic E-state index is 1.10. The molecule has 0 radical (unpaired) electrons. The summed E-state index contributed by atoms with van der Waals surface area (Å²) in [7, 11) is 0. The van der Waals surface area contributed by atoms with Gasteiger partial charge in [0, 0.05) is 33.4 Å². The third kappa shape index (κ3) is 4.50. The molecule has 2 heteroatoms. The molecule has 0 fully saturated rings. The van der Waals surface area contributed by atoms with Crippen LogP contribution in [-0.2, 0) is 0 Å². The number of benzene rings is 9. The second kappa shape index (κ2) is 11.5. The van der Waals surface area contributed by atoms with Crippen LogP contribution in [0, 0.1) is 0 Å². The van der Waals surface area contributed by atoms with E-state index >= 15 is 0 Å². The van der Waals surface area contributed by atoms with Crippen molar-refractivity contribution in [2.75, 3.05) is 4.90 Å². The Morgan fingerprint density at radius 2 is 0.860 bits per heavy atom. The molecule has 0 aliphatic carbocycles. The number of hydrogen-bond donors (Lipinski definition) is 0. The van der Waals surface area contributed by atoms with E-state index in [-0.39, 0.29) is 0 Å². The van der Waals surface area contributed by atoms with Gasteiger partial charge in [0.2, 0.25) is 0 Å². The predicted molar refractivity (Wildman–Crippen MR) is 213 cm³/mol. The van der Waals surface area contributed by atoms with Crippen molar-refractivity contribution < 1.29 is 0 Å². The zero-order valence-corrected chi connectivity index (χ0v) is 27.4. The lowest BCUT2D eigenvalue weighted by Gasteiger charge is -2.27. The highest BCUT2D eigenvalue weighted by Gasteiger charge is 2.20. The summed E-state index contributed by atoms with van der Waals surface area (Å²) >= 11 is 0. The van der Waals surface area contributed by atoms with Crippen molar-refractivity contribution in [2.24, 2.45) is 0 Å². The molecule has 0 unspecified atom stereocenters. The zero-order valence-electron chi connectivity index (χ0n) is 27.4. The van der Waals surface area contributed by atoms with Crippen LogP contribution >= 0.6 is 0 Å². The topological polar surface area (TPSA) is 8.17 Å². The van der Waals surface area contributed by atoms with Gasteiger partial charge < -0.3 is 9.47 Å². The highest BCUT2D eigenvalue weighted by atomic mass is 15.1. The number of para-hydroxylation sites is 3. The Morgan fingerprint density at radius 3 is 1.58 bits per heavy atom. The van der Waals surface area contributed by atoms with Crippen molar-refractivity contribution in [3.8, 4) is 16.8 Å². The van der Waals surface area contributed by atoms with Gasteiger partial charge in [-0.1, -0.05) is 140 Å². The Hall–Kier alpha value is -6.64. The Labute approximate surface area is 290 Å². The molecule has 10 aromatic rings. The summed E-state index contributed by atoms with van der Waals surface area (Å²) in [5, 5.41) is 10.1. The van der Waals surface area contributed by atoms with Crippen LogP contribution in [0.15, 0.2) is 194 Å². The van der Waals surface area contributed by atoms with E-state index in [1.165, 1.54) is 65.3 Å². The first-order valence-corrected chi connectivity index (χ1v) is 17.2. The molecule has 0 amide bonds. The first-order valence-electron chi connectivity index (χ1n) is 17.2. The Morgan fingerprint density at radius 1 is 0.340 bits per heavy atom. The lowest BCUT2D eigenvalue weighted by atomic mass is 9.96. The first kappa shape index (κ1) is 28.4. The van der Waals surface area contributed by atoms with Gasteiger partial charge in [0.1, 0.15) is 0 Å². The Balaban J connectivity index is 1.24. The van der Waals surface area contributed by atoms with Gasteiger partial charge in [-0.2, -0.15) is 0 Å². The molecule has 0 aliphatic rings. The van der Waals surface area contributed by atoms with Gasteiger partial charge in [0.15, 0.2) is 0 Å². The van der Waals surface area contributed by atoms with Crippen LogP contribution in [0.3, 0.4) is 0 Å². The molecule has 0 bridgehead atoms. The van der Waals surface area contributed by atoms with Crippen molar-refractivity contribution >= 4 is 71.2 Å². The summed E-state index contributed by atoms with van der Waals surface area (Å²) in [4.78, 5) is 2.39. The van der Waals surface area contributed by atoms with E-state index in [2.05, 4.69) is 204 Å². The second-order valence-corrected chi connectivity index (χ2v) is 13.0. The smallest absolute Gasteiger partial charge is 0.0542 e. The maximum absolute atomic E-state index is 2.43. The molecule has 50 heavy (non-hydrogen) atoms. The number of nitrogens with zero attached hydrogens (tertiary/aromatic N) is 2. The van der Waals surface area contributed by atoms with Crippen LogP contribution in [0.5, 0.6) is 0 Å². The lowest BCUT2D eigenvalue weighted by molar-refractivity contribution is 1.18. The van der Waals surface area contributed by atoms with Crippen molar-refractivity contribution in [1.82, 2.24) is 4.57 Å². The lowest BCUT2D eigenvalue weighted by Crippen LogP contribution is -2.10. The van der Waals surface area contributed by atoms with Crippen molar-refractivity contribution in [3.63, 3.8) is 0 Å². The molecule has 0 aliphatic heterocycles. The van der Waals surface area contributed by atoms with E-state index in [0.717, 1.165) is 22.7 Å². The minimum absolute atomic E-state index is 1.10. The first-order chi connectivity index (χ1) is 24.8. The number of aromatic nitrogens is 1. The van der Waals surface area contributed by atoms with E-state index in [0.29, 0.717) is 0 Å². The predicted octanol–water partition coefficient (Wildman–Crippen LogP) is 13.4. The monoisotopic (exact) mass is 636 g/mol. The fourth-order valence-electron chi connectivity index (χ4n) is 7.87. The standard InChI is InChI=1S/C48H32N2/c1-3-13-33(14-4-1)43-31-39(29-30-47(43)50-45-21-11-9-19-41(45)42-20-10-12-22-46(42)50)49(37-16-5-2-6-17-37)38-28-27-35-24-26-36-25-23-34-15-7-8-18-40(34)48(36)44(35)32-38/h1-32H. The quantitative estimate of drug-likeness (QED) is 0.171. The SMILES string of the molecule is c1ccc(-c2cc(N(c3ccccc3)c3ccc4ccc5ccc6ccccc6c5c4c3)ccc2-n2c3ccccc3c3ccccc32)cc1. The van der Waals surface area contributed by atoms with Crippen LogP contribution in [0.4, 0.5) is 17.1 Å². The highest BCUT2D eigenvalue weighted by Crippen LogP contribution is 2.43. The molecule has 9 aromatic carbocycles. The van der Waals surface area contributed by atoms with E-state index in [1.807, 2.05) is 0 Å². The van der Waals surface area contributed by atoms with Crippen LogP contribution < -0.4 is 4.90 Å². The van der Waals surface area contributed by atoms with Gasteiger partial charge in [-0.3, -0.25) is 0 Å². The maximum atomic E-state index is 2.43. The van der Waals surface area contributed by atoms with Gasteiger partial charge in [-0.15, -0.1) is 0 Å². The minimum Gasteiger partial charge on any atom is -0.310 e. The fraction of sp³-hybridized carbons (Fsp3) is 0. The summed E-state index contributed by atoms with van der Waals surface area (Å²) in [6, 6.07) is 70.5. The molecule has 10 rings (SSSR count). The molecule has 1 heterocycles. The van der Waals surface area contributed by atoms with Crippen LogP contribution in [0.1, 0.15) is 0 Å². The molecule has 2 nitrogen and oxygen atoms in total. The van der Waals surface area contributed by atoms with Crippen molar-refractivity contribution in [1.29, 1.82) is 0 Å². The molecule has 0 spiro atoms. The van der Waals surface area contributed by atoms with E-state index in [4.69, 9.17) is 0 Å². The van der Waals surface area contributed by atoms with Crippen LogP contribution in [0.25, 0.3) is 70.9 Å². The summed E-state index contributed by atoms with van der Waals surface area (Å²) < 4.78 is 2.43. The van der Waals surface area contributed by atoms with Crippen molar-refractivity contribution in [2.45, 2.75) is 0 Å². The van der Waals surface area contributed by atoms with Gasteiger partial charge >= 0.3 is 0 Å². The number of anilines is 3. The second-order valence-electron chi connectivity index (χ2n) is 13.0. The van der Waals surface area contributed by atoms with Gasteiger partial charge in [-0.25, -0.2) is 0 Å². The molecule has 0 N–H and O–H groups in total. The zero-order chi connectivity index (χ0) is 33.0. The molecule has 234 valence electrons. The summed E-state index contributed by atoms with van der Waals surface area (Å²) in [6.45, 7) is 0. The number of rotatable bonds is 5. The third-order valence-electron chi connectivity index (χ3n) is 10.1. The summed E-state index contributed by atoms with van der Waals surface area (Å²) in [5.74, 6) is 0. The molecule has 0 saturated carbocycles. The Bertz CT molecular complexity index is 2810. The van der Waals surface area contributed by atoms with Gasteiger partial charge in [0.25, 0.3) is 0 Å². The van der Waals surface area contributed by atoms with Gasteiger partial charge in [-0.05, 0) is 92.5 Å². The van der Waals surface area contributed by atoms with Crippen LogP contribution in [-0.4, -0.2) is 4.57 Å². The molecule has 0 atom stereocenters. The summed E-state index contributed by atoms with van der Waals surface area (Å²) in [6.07, 6.45) is 0. The van der Waals surface area contributed by atoms with E-state index < -0.39 is 0 Å². The normalized spacial score (nSPS) is 11.6. The maximum Gasteiger partial charge on any atom is 0.0542 e. The molecule has 1 aromatic heterocycles.